The zero-order valence-corrected chi connectivity index (χ0v) is 13.4. The smallest absolute Gasteiger partial charge is 0.183 e. The Morgan fingerprint density at radius 2 is 1.62 bits per heavy atom. The summed E-state index contributed by atoms with van der Waals surface area (Å²) < 4.78 is 52.3. The Morgan fingerprint density at radius 1 is 0.958 bits per heavy atom. The van der Waals surface area contributed by atoms with Crippen LogP contribution in [0.5, 0.6) is 0 Å². The third kappa shape index (κ3) is 3.79. The largest absolute Gasteiger partial charge is 0.348 e. The molecule has 2 nitrogen and oxygen atoms in total. The number of hydrogen-bond acceptors (Lipinski definition) is 2. The third-order valence-electron chi connectivity index (χ3n) is 4.10. The molecule has 1 fully saturated rings. The molecule has 1 heterocycles. The summed E-state index contributed by atoms with van der Waals surface area (Å²) in [5.74, 6) is -1.69. The van der Waals surface area contributed by atoms with Crippen LogP contribution in [0.1, 0.15) is 31.6 Å². The summed E-state index contributed by atoms with van der Waals surface area (Å²) in [4.78, 5) is 0. The summed E-state index contributed by atoms with van der Waals surface area (Å²) in [5.41, 5.74) is 0.852. The highest BCUT2D eigenvalue weighted by atomic mass is 19.1. The van der Waals surface area contributed by atoms with Crippen molar-refractivity contribution in [2.45, 2.75) is 26.1 Å². The highest BCUT2D eigenvalue weighted by molar-refractivity contribution is 5.64. The van der Waals surface area contributed by atoms with Crippen molar-refractivity contribution in [1.82, 2.24) is 0 Å². The number of ether oxygens (including phenoxy) is 2. The van der Waals surface area contributed by atoms with E-state index in [1.54, 1.807) is 6.07 Å². The van der Waals surface area contributed by atoms with Crippen LogP contribution in [-0.2, 0) is 9.47 Å². The van der Waals surface area contributed by atoms with Crippen molar-refractivity contribution >= 4 is 0 Å². The lowest BCUT2D eigenvalue weighted by molar-refractivity contribution is -0.206. The van der Waals surface area contributed by atoms with Crippen molar-refractivity contribution in [1.29, 1.82) is 0 Å². The van der Waals surface area contributed by atoms with Crippen molar-refractivity contribution in [2.24, 2.45) is 5.92 Å². The maximum Gasteiger partial charge on any atom is 0.183 e. The number of rotatable bonds is 4. The summed E-state index contributed by atoms with van der Waals surface area (Å²) in [5, 5.41) is 0. The molecule has 1 aliphatic rings. The van der Waals surface area contributed by atoms with Crippen molar-refractivity contribution in [3.05, 3.63) is 59.4 Å². The first-order valence-corrected chi connectivity index (χ1v) is 8.06. The van der Waals surface area contributed by atoms with Gasteiger partial charge in [-0.25, -0.2) is 13.2 Å². The molecule has 0 aromatic heterocycles. The summed E-state index contributed by atoms with van der Waals surface area (Å²) in [6, 6.07) is 7.40. The Kier molecular flexibility index (Phi) is 5.21. The fourth-order valence-electron chi connectivity index (χ4n) is 2.93. The molecule has 5 heteroatoms. The van der Waals surface area contributed by atoms with Gasteiger partial charge in [-0.2, -0.15) is 0 Å². The van der Waals surface area contributed by atoms with E-state index < -0.39 is 23.7 Å². The SMILES string of the molecule is CCCC1COC(c2ccc(-c3cc(F)cc(F)c3)c(F)c2)OC1. The van der Waals surface area contributed by atoms with Gasteiger partial charge in [-0.15, -0.1) is 0 Å². The Labute approximate surface area is 139 Å². The van der Waals surface area contributed by atoms with Crippen LogP contribution >= 0.6 is 0 Å². The van der Waals surface area contributed by atoms with Gasteiger partial charge in [0.25, 0.3) is 0 Å². The van der Waals surface area contributed by atoms with Crippen LogP contribution in [0, 0.1) is 23.4 Å². The lowest BCUT2D eigenvalue weighted by Gasteiger charge is -2.29. The maximum absolute atomic E-state index is 14.4. The van der Waals surface area contributed by atoms with Crippen LogP contribution in [0.15, 0.2) is 36.4 Å². The van der Waals surface area contributed by atoms with Crippen molar-refractivity contribution in [2.75, 3.05) is 13.2 Å². The molecule has 0 saturated carbocycles. The number of hydrogen-bond donors (Lipinski definition) is 0. The molecule has 1 saturated heterocycles. The first-order chi connectivity index (χ1) is 11.6. The third-order valence-corrected chi connectivity index (χ3v) is 4.10. The predicted molar refractivity (Wildman–Crippen MR) is 84.8 cm³/mol. The standard InChI is InChI=1S/C19H19F3O2/c1-2-3-12-10-23-19(24-11-12)13-4-5-17(18(22)8-13)14-6-15(20)9-16(21)7-14/h4-9,12,19H,2-3,10-11H2,1H3. The molecule has 3 rings (SSSR count). The van der Waals surface area contributed by atoms with Crippen LogP contribution in [0.25, 0.3) is 11.1 Å². The second-order valence-electron chi connectivity index (χ2n) is 6.05. The van der Waals surface area contributed by atoms with Gasteiger partial charge in [-0.05, 0) is 30.2 Å². The van der Waals surface area contributed by atoms with Gasteiger partial charge < -0.3 is 9.47 Å². The number of halogens is 3. The van der Waals surface area contributed by atoms with E-state index in [1.807, 2.05) is 0 Å². The van der Waals surface area contributed by atoms with Crippen molar-refractivity contribution < 1.29 is 22.6 Å². The molecular weight excluding hydrogens is 317 g/mol. The first-order valence-electron chi connectivity index (χ1n) is 8.06. The quantitative estimate of drug-likeness (QED) is 0.761. The highest BCUT2D eigenvalue weighted by Crippen LogP contribution is 2.31. The molecule has 2 aromatic carbocycles. The topological polar surface area (TPSA) is 18.5 Å². The Hall–Kier alpha value is -1.85. The molecule has 0 bridgehead atoms. The van der Waals surface area contributed by atoms with Gasteiger partial charge in [0.15, 0.2) is 6.29 Å². The minimum atomic E-state index is -0.741. The van der Waals surface area contributed by atoms with E-state index in [2.05, 4.69) is 6.92 Å². The first kappa shape index (κ1) is 17.0. The molecule has 0 N–H and O–H groups in total. The van der Waals surface area contributed by atoms with Crippen LogP contribution in [-0.4, -0.2) is 13.2 Å². The monoisotopic (exact) mass is 336 g/mol. The summed E-state index contributed by atoms with van der Waals surface area (Å²) >= 11 is 0. The minimum Gasteiger partial charge on any atom is -0.348 e. The lowest BCUT2D eigenvalue weighted by atomic mass is 10.0. The summed E-state index contributed by atoms with van der Waals surface area (Å²) in [7, 11) is 0. The maximum atomic E-state index is 14.4. The minimum absolute atomic E-state index is 0.136. The second kappa shape index (κ2) is 7.36. The molecule has 0 atom stereocenters. The second-order valence-corrected chi connectivity index (χ2v) is 6.05. The zero-order chi connectivity index (χ0) is 17.1. The predicted octanol–water partition coefficient (Wildman–Crippen LogP) is 5.23. The van der Waals surface area contributed by atoms with Gasteiger partial charge in [0.1, 0.15) is 17.5 Å². The van der Waals surface area contributed by atoms with Gasteiger partial charge >= 0.3 is 0 Å². The average Bonchev–Trinajstić information content (AvgIpc) is 2.55. The highest BCUT2D eigenvalue weighted by Gasteiger charge is 2.24. The van der Waals surface area contributed by atoms with Crippen molar-refractivity contribution in [3.63, 3.8) is 0 Å². The molecule has 0 aliphatic carbocycles. The fourth-order valence-corrected chi connectivity index (χ4v) is 2.93. The van der Waals surface area contributed by atoms with Crippen molar-refractivity contribution in [3.8, 4) is 11.1 Å². The van der Waals surface area contributed by atoms with Gasteiger partial charge in [-0.3, -0.25) is 0 Å². The Bertz CT molecular complexity index is 690. The Morgan fingerprint density at radius 3 is 2.21 bits per heavy atom. The number of benzene rings is 2. The average molecular weight is 336 g/mol. The van der Waals surface area contributed by atoms with Gasteiger partial charge in [0.05, 0.1) is 13.2 Å². The van der Waals surface area contributed by atoms with E-state index in [0.29, 0.717) is 24.7 Å². The van der Waals surface area contributed by atoms with E-state index >= 15 is 0 Å². The van der Waals surface area contributed by atoms with Gasteiger partial charge in [-0.1, -0.05) is 25.5 Å². The van der Waals surface area contributed by atoms with Crippen LogP contribution in [0.2, 0.25) is 0 Å². The summed E-state index contributed by atoms with van der Waals surface area (Å²) in [6.07, 6.45) is 1.49. The van der Waals surface area contributed by atoms with E-state index in [4.69, 9.17) is 9.47 Å². The molecule has 24 heavy (non-hydrogen) atoms. The van der Waals surface area contributed by atoms with E-state index in [-0.39, 0.29) is 11.1 Å². The molecule has 2 aromatic rings. The van der Waals surface area contributed by atoms with Crippen LogP contribution in [0.3, 0.4) is 0 Å². The Balaban J connectivity index is 1.78. The van der Waals surface area contributed by atoms with E-state index in [1.165, 1.54) is 12.1 Å². The van der Waals surface area contributed by atoms with Gasteiger partial charge in [0.2, 0.25) is 0 Å². The molecule has 1 aliphatic heterocycles. The molecule has 0 amide bonds. The molecule has 0 unspecified atom stereocenters. The normalized spacial score (nSPS) is 21.0. The summed E-state index contributed by atoms with van der Waals surface area (Å²) in [6.45, 7) is 3.27. The van der Waals surface area contributed by atoms with Gasteiger partial charge in [0, 0.05) is 23.1 Å². The van der Waals surface area contributed by atoms with Crippen LogP contribution < -0.4 is 0 Å². The van der Waals surface area contributed by atoms with E-state index in [0.717, 1.165) is 31.0 Å². The van der Waals surface area contributed by atoms with E-state index in [9.17, 15) is 13.2 Å². The molecule has 0 spiro atoms. The van der Waals surface area contributed by atoms with Crippen LogP contribution in [0.4, 0.5) is 13.2 Å². The molecule has 0 radical (unpaired) electrons. The molecule has 128 valence electrons. The molecular formula is C19H19F3O2. The lowest BCUT2D eigenvalue weighted by Crippen LogP contribution is -2.27. The fraction of sp³-hybridized carbons (Fsp3) is 0.368. The zero-order valence-electron chi connectivity index (χ0n) is 13.4.